The number of benzene rings is 1. The minimum absolute atomic E-state index is 0.142. The summed E-state index contributed by atoms with van der Waals surface area (Å²) in [5.74, 6) is 0. The van der Waals surface area contributed by atoms with Gasteiger partial charge in [0.05, 0.1) is 0 Å². The Balaban J connectivity index is 2.13. The van der Waals surface area contributed by atoms with Crippen LogP contribution in [0.5, 0.6) is 0 Å². The van der Waals surface area contributed by atoms with Gasteiger partial charge in [-0.25, -0.2) is 0 Å². The second-order valence-corrected chi connectivity index (χ2v) is 5.15. The molecule has 0 atom stereocenters. The second kappa shape index (κ2) is 4.74. The molecule has 0 unspecified atom stereocenters. The largest absolute Gasteiger partial charge is 0.381 e. The minimum atomic E-state index is -0.142. The van der Waals surface area contributed by atoms with Gasteiger partial charge in [0.15, 0.2) is 0 Å². The van der Waals surface area contributed by atoms with Gasteiger partial charge in [0.1, 0.15) is 0 Å². The highest BCUT2D eigenvalue weighted by atomic mass is 35.5. The molecule has 0 aromatic heterocycles. The molecular weight excluding hydrogens is 222 g/mol. The summed E-state index contributed by atoms with van der Waals surface area (Å²) in [6.45, 7) is 3.57. The first kappa shape index (κ1) is 11.9. The number of nitrogens with two attached hydrogens (primary N) is 1. The van der Waals surface area contributed by atoms with Gasteiger partial charge in [0.2, 0.25) is 0 Å². The molecule has 0 aliphatic carbocycles. The summed E-state index contributed by atoms with van der Waals surface area (Å²) >= 11 is 6.22. The van der Waals surface area contributed by atoms with Crippen molar-refractivity contribution in [2.45, 2.75) is 31.7 Å². The third kappa shape index (κ3) is 2.76. The maximum atomic E-state index is 6.36. The molecule has 2 N–H and O–H groups in total. The van der Waals surface area contributed by atoms with E-state index in [2.05, 4.69) is 12.1 Å². The Labute approximate surface area is 102 Å². The van der Waals surface area contributed by atoms with Crippen LogP contribution in [0.2, 0.25) is 5.02 Å². The van der Waals surface area contributed by atoms with E-state index in [0.29, 0.717) is 0 Å². The van der Waals surface area contributed by atoms with Gasteiger partial charge in [0.25, 0.3) is 0 Å². The quantitative estimate of drug-likeness (QED) is 0.861. The summed E-state index contributed by atoms with van der Waals surface area (Å²) in [4.78, 5) is 0. The lowest BCUT2D eigenvalue weighted by Crippen LogP contribution is -2.46. The van der Waals surface area contributed by atoms with Crippen LogP contribution >= 0.6 is 11.6 Å². The number of ether oxygens (including phenoxy) is 1. The molecule has 1 saturated heterocycles. The van der Waals surface area contributed by atoms with Crippen molar-refractivity contribution < 1.29 is 4.74 Å². The molecule has 2 rings (SSSR count). The third-order valence-electron chi connectivity index (χ3n) is 3.24. The Kier molecular flexibility index (Phi) is 3.53. The molecule has 0 amide bonds. The molecule has 0 bridgehead atoms. The zero-order chi connectivity index (χ0) is 11.6. The van der Waals surface area contributed by atoms with Crippen molar-refractivity contribution in [2.24, 2.45) is 5.73 Å². The van der Waals surface area contributed by atoms with Gasteiger partial charge in [-0.2, -0.15) is 0 Å². The fourth-order valence-corrected chi connectivity index (χ4v) is 2.43. The average molecular weight is 240 g/mol. The Morgan fingerprint density at radius 1 is 1.38 bits per heavy atom. The fraction of sp³-hybridized carbons (Fsp3) is 0.538. The van der Waals surface area contributed by atoms with Gasteiger partial charge in [-0.3, -0.25) is 0 Å². The van der Waals surface area contributed by atoms with Crippen molar-refractivity contribution >= 4 is 11.6 Å². The number of hydrogen-bond acceptors (Lipinski definition) is 2. The summed E-state index contributed by atoms with van der Waals surface area (Å²) < 4.78 is 5.34. The van der Waals surface area contributed by atoms with E-state index in [4.69, 9.17) is 22.1 Å². The molecule has 16 heavy (non-hydrogen) atoms. The second-order valence-electron chi connectivity index (χ2n) is 4.75. The minimum Gasteiger partial charge on any atom is -0.381 e. The predicted molar refractivity (Wildman–Crippen MR) is 66.9 cm³/mol. The monoisotopic (exact) mass is 239 g/mol. The van der Waals surface area contributed by atoms with Crippen LogP contribution in [-0.2, 0) is 11.2 Å². The topological polar surface area (TPSA) is 35.2 Å². The van der Waals surface area contributed by atoms with Gasteiger partial charge in [-0.15, -0.1) is 0 Å². The smallest absolute Gasteiger partial charge is 0.0483 e. The molecule has 88 valence electrons. The van der Waals surface area contributed by atoms with Crippen molar-refractivity contribution in [1.29, 1.82) is 0 Å². The standard InChI is InChI=1S/C13H18ClNO/c1-10-2-3-11(12(14)8-10)9-13(15)4-6-16-7-5-13/h2-3,8H,4-7,9,15H2,1H3. The van der Waals surface area contributed by atoms with Crippen LogP contribution in [0.15, 0.2) is 18.2 Å². The van der Waals surface area contributed by atoms with E-state index in [1.807, 2.05) is 13.0 Å². The van der Waals surface area contributed by atoms with Crippen LogP contribution in [0.3, 0.4) is 0 Å². The van der Waals surface area contributed by atoms with E-state index < -0.39 is 0 Å². The zero-order valence-electron chi connectivity index (χ0n) is 9.63. The van der Waals surface area contributed by atoms with Gasteiger partial charge >= 0.3 is 0 Å². The van der Waals surface area contributed by atoms with Crippen LogP contribution in [0.4, 0.5) is 0 Å². The summed E-state index contributed by atoms with van der Waals surface area (Å²) in [5, 5.41) is 0.830. The van der Waals surface area contributed by atoms with E-state index in [0.717, 1.165) is 43.1 Å². The van der Waals surface area contributed by atoms with Gasteiger partial charge < -0.3 is 10.5 Å². The first-order valence-corrected chi connectivity index (χ1v) is 6.09. The Morgan fingerprint density at radius 3 is 2.69 bits per heavy atom. The molecule has 1 aromatic rings. The van der Waals surface area contributed by atoms with Crippen LogP contribution < -0.4 is 5.73 Å². The predicted octanol–water partition coefficient (Wildman–Crippen LogP) is 2.70. The van der Waals surface area contributed by atoms with E-state index in [1.54, 1.807) is 0 Å². The molecule has 1 aliphatic heterocycles. The van der Waals surface area contributed by atoms with Crippen molar-refractivity contribution in [3.05, 3.63) is 34.3 Å². The van der Waals surface area contributed by atoms with E-state index in [-0.39, 0.29) is 5.54 Å². The fourth-order valence-electron chi connectivity index (χ4n) is 2.13. The lowest BCUT2D eigenvalue weighted by atomic mass is 9.84. The molecule has 1 fully saturated rings. The molecule has 0 spiro atoms. The number of hydrogen-bond donors (Lipinski definition) is 1. The van der Waals surface area contributed by atoms with E-state index in [9.17, 15) is 0 Å². The Hall–Kier alpha value is -0.570. The van der Waals surface area contributed by atoms with E-state index in [1.165, 1.54) is 5.56 Å². The number of aryl methyl sites for hydroxylation is 1. The molecule has 3 heteroatoms. The summed E-state index contributed by atoms with van der Waals surface area (Å²) in [5.41, 5.74) is 8.55. The summed E-state index contributed by atoms with van der Waals surface area (Å²) in [7, 11) is 0. The lowest BCUT2D eigenvalue weighted by molar-refractivity contribution is 0.0533. The highest BCUT2D eigenvalue weighted by Crippen LogP contribution is 2.27. The first-order valence-electron chi connectivity index (χ1n) is 5.71. The molecule has 0 radical (unpaired) electrons. The average Bonchev–Trinajstić information content (AvgIpc) is 2.23. The van der Waals surface area contributed by atoms with Gasteiger partial charge in [0, 0.05) is 23.8 Å². The molecule has 1 aromatic carbocycles. The molecule has 0 saturated carbocycles. The van der Waals surface area contributed by atoms with Gasteiger partial charge in [-0.1, -0.05) is 23.7 Å². The van der Waals surface area contributed by atoms with Crippen molar-refractivity contribution in [2.75, 3.05) is 13.2 Å². The zero-order valence-corrected chi connectivity index (χ0v) is 10.4. The van der Waals surface area contributed by atoms with Crippen LogP contribution in [0.25, 0.3) is 0 Å². The molecule has 1 aliphatic rings. The lowest BCUT2D eigenvalue weighted by Gasteiger charge is -2.33. The van der Waals surface area contributed by atoms with Crippen molar-refractivity contribution in [3.8, 4) is 0 Å². The van der Waals surface area contributed by atoms with Crippen LogP contribution in [0, 0.1) is 6.92 Å². The maximum absolute atomic E-state index is 6.36. The first-order chi connectivity index (χ1) is 7.59. The van der Waals surface area contributed by atoms with Crippen molar-refractivity contribution in [1.82, 2.24) is 0 Å². The number of rotatable bonds is 2. The summed E-state index contributed by atoms with van der Waals surface area (Å²) in [6, 6.07) is 6.17. The summed E-state index contributed by atoms with van der Waals surface area (Å²) in [6.07, 6.45) is 2.67. The highest BCUT2D eigenvalue weighted by molar-refractivity contribution is 6.31. The molecule has 1 heterocycles. The van der Waals surface area contributed by atoms with Crippen molar-refractivity contribution in [3.63, 3.8) is 0 Å². The Bertz CT molecular complexity index is 372. The SMILES string of the molecule is Cc1ccc(CC2(N)CCOCC2)c(Cl)c1. The highest BCUT2D eigenvalue weighted by Gasteiger charge is 2.28. The maximum Gasteiger partial charge on any atom is 0.0483 e. The normalized spacial score (nSPS) is 19.7. The van der Waals surface area contributed by atoms with Crippen LogP contribution in [-0.4, -0.2) is 18.8 Å². The molecule has 2 nitrogen and oxygen atoms in total. The van der Waals surface area contributed by atoms with E-state index >= 15 is 0 Å². The number of halogens is 1. The third-order valence-corrected chi connectivity index (χ3v) is 3.59. The van der Waals surface area contributed by atoms with Crippen LogP contribution in [0.1, 0.15) is 24.0 Å². The Morgan fingerprint density at radius 2 is 2.06 bits per heavy atom. The molecular formula is C13H18ClNO. The van der Waals surface area contributed by atoms with Gasteiger partial charge in [-0.05, 0) is 43.4 Å².